The van der Waals surface area contributed by atoms with Crippen molar-refractivity contribution >= 4 is 16.4 Å². The third kappa shape index (κ3) is 0.966. The molecule has 0 unspecified atom stereocenters. The first kappa shape index (κ1) is 8.49. The molecule has 1 N–H and O–H groups in total. The Hall–Kier alpha value is -1.81. The second-order valence-corrected chi connectivity index (χ2v) is 3.55. The summed E-state index contributed by atoms with van der Waals surface area (Å²) in [6.07, 6.45) is 0. The van der Waals surface area contributed by atoms with Gasteiger partial charge in [-0.15, -0.1) is 0 Å². The molecule has 3 heterocycles. The zero-order valence-corrected chi connectivity index (χ0v) is 8.05. The SMILES string of the molecule is O=c1c2cc3ccccc3n1n2CCO. The molecule has 76 valence electrons. The van der Waals surface area contributed by atoms with Gasteiger partial charge in [-0.1, -0.05) is 18.2 Å². The standard InChI is InChI=1S/C11H10N2O2/c14-6-5-12-10-7-8-3-1-2-4-9(8)13(12)11(10)15/h1-4,7,14H,5-6H2. The largest absolute Gasteiger partial charge is 0.394 e. The van der Waals surface area contributed by atoms with Crippen molar-refractivity contribution in [1.82, 2.24) is 9.20 Å². The number of benzene rings is 1. The minimum absolute atomic E-state index is 0.0159. The first-order valence-electron chi connectivity index (χ1n) is 4.86. The maximum absolute atomic E-state index is 11.6. The molecular weight excluding hydrogens is 192 g/mol. The number of aliphatic hydroxyl groups is 1. The summed E-state index contributed by atoms with van der Waals surface area (Å²) < 4.78 is 3.41. The highest BCUT2D eigenvalue weighted by molar-refractivity contribution is 5.84. The summed E-state index contributed by atoms with van der Waals surface area (Å²) in [7, 11) is 0. The number of para-hydroxylation sites is 1. The smallest absolute Gasteiger partial charge is 0.295 e. The summed E-state index contributed by atoms with van der Waals surface area (Å²) in [6.45, 7) is 0.509. The van der Waals surface area contributed by atoms with Crippen molar-refractivity contribution in [3.05, 3.63) is 40.7 Å². The second-order valence-electron chi connectivity index (χ2n) is 3.55. The third-order valence-corrected chi connectivity index (χ3v) is 2.70. The van der Waals surface area contributed by atoms with Crippen LogP contribution >= 0.6 is 0 Å². The molecule has 4 aromatic rings. The molecule has 0 atom stereocenters. The lowest BCUT2D eigenvalue weighted by atomic mass is 10.2. The lowest BCUT2D eigenvalue weighted by Crippen LogP contribution is -2.35. The van der Waals surface area contributed by atoms with Crippen LogP contribution in [0.1, 0.15) is 0 Å². The molecule has 0 saturated heterocycles. The van der Waals surface area contributed by atoms with Crippen LogP contribution in [0, 0.1) is 0 Å². The Labute approximate surface area is 85.3 Å². The zero-order chi connectivity index (χ0) is 10.4. The van der Waals surface area contributed by atoms with Crippen LogP contribution in [-0.4, -0.2) is 20.9 Å². The molecule has 2 bridgehead atoms. The van der Waals surface area contributed by atoms with Crippen molar-refractivity contribution in [2.75, 3.05) is 6.61 Å². The Kier molecular flexibility index (Phi) is 1.61. The van der Waals surface area contributed by atoms with Crippen LogP contribution in [0.4, 0.5) is 0 Å². The molecule has 3 aromatic heterocycles. The highest BCUT2D eigenvalue weighted by Gasteiger charge is 2.15. The van der Waals surface area contributed by atoms with Crippen molar-refractivity contribution in [3.63, 3.8) is 0 Å². The van der Waals surface area contributed by atoms with Gasteiger partial charge in [0.1, 0.15) is 5.52 Å². The van der Waals surface area contributed by atoms with E-state index in [1.807, 2.05) is 30.3 Å². The van der Waals surface area contributed by atoms with Crippen LogP contribution in [-0.2, 0) is 6.54 Å². The summed E-state index contributed by atoms with van der Waals surface area (Å²) in [5.74, 6) is 0. The summed E-state index contributed by atoms with van der Waals surface area (Å²) in [5, 5.41) is 9.94. The number of pyridine rings is 1. The summed E-state index contributed by atoms with van der Waals surface area (Å²) >= 11 is 0. The van der Waals surface area contributed by atoms with Gasteiger partial charge in [0, 0.05) is 5.39 Å². The van der Waals surface area contributed by atoms with Gasteiger partial charge < -0.3 is 5.11 Å². The molecular formula is C11H10N2O2. The van der Waals surface area contributed by atoms with E-state index < -0.39 is 0 Å². The Balaban J connectivity index is 2.42. The molecule has 15 heavy (non-hydrogen) atoms. The van der Waals surface area contributed by atoms with Crippen molar-refractivity contribution in [3.8, 4) is 0 Å². The fourth-order valence-electron chi connectivity index (χ4n) is 2.03. The Morgan fingerprint density at radius 2 is 2.00 bits per heavy atom. The maximum atomic E-state index is 11.6. The zero-order valence-electron chi connectivity index (χ0n) is 8.05. The van der Waals surface area contributed by atoms with E-state index in [9.17, 15) is 4.79 Å². The molecule has 0 aliphatic carbocycles. The van der Waals surface area contributed by atoms with Gasteiger partial charge in [-0.3, -0.25) is 9.48 Å². The summed E-state index contributed by atoms with van der Waals surface area (Å²) in [5.41, 5.74) is 1.58. The molecule has 0 radical (unpaired) electrons. The Bertz CT molecular complexity index is 665. The van der Waals surface area contributed by atoms with Crippen molar-refractivity contribution < 1.29 is 5.11 Å². The van der Waals surface area contributed by atoms with Crippen molar-refractivity contribution in [2.45, 2.75) is 6.54 Å². The van der Waals surface area contributed by atoms with Crippen LogP contribution in [0.15, 0.2) is 35.1 Å². The lowest BCUT2D eigenvalue weighted by Gasteiger charge is -2.19. The van der Waals surface area contributed by atoms with Gasteiger partial charge in [0.2, 0.25) is 0 Å². The summed E-state index contributed by atoms with van der Waals surface area (Å²) in [4.78, 5) is 11.6. The Morgan fingerprint density at radius 1 is 1.20 bits per heavy atom. The fourth-order valence-corrected chi connectivity index (χ4v) is 2.03. The number of hydrogen-bond donors (Lipinski definition) is 1. The van der Waals surface area contributed by atoms with E-state index in [-0.39, 0.29) is 12.2 Å². The second kappa shape index (κ2) is 2.84. The van der Waals surface area contributed by atoms with Crippen LogP contribution in [0.2, 0.25) is 0 Å². The topological polar surface area (TPSA) is 46.6 Å². The van der Waals surface area contributed by atoms with E-state index in [1.165, 1.54) is 0 Å². The maximum Gasteiger partial charge on any atom is 0.295 e. The molecule has 4 nitrogen and oxygen atoms in total. The molecule has 4 rings (SSSR count). The van der Waals surface area contributed by atoms with Crippen LogP contribution in [0.5, 0.6) is 0 Å². The number of rotatable bonds is 2. The van der Waals surface area contributed by atoms with Gasteiger partial charge in [0.05, 0.1) is 18.7 Å². The highest BCUT2D eigenvalue weighted by Crippen LogP contribution is 2.17. The predicted octanol–water partition coefficient (Wildman–Crippen LogP) is 0.684. The average Bonchev–Trinajstić information content (AvgIpc) is 2.29. The van der Waals surface area contributed by atoms with Gasteiger partial charge in [0.15, 0.2) is 0 Å². The van der Waals surface area contributed by atoms with Crippen LogP contribution in [0.25, 0.3) is 16.4 Å². The number of aliphatic hydroxyl groups excluding tert-OH is 1. The van der Waals surface area contributed by atoms with E-state index in [0.29, 0.717) is 12.1 Å². The molecule has 0 fully saturated rings. The molecule has 0 aliphatic rings. The lowest BCUT2D eigenvalue weighted by molar-refractivity contribution is 0.264. The normalized spacial score (nSPS) is 11.8. The van der Waals surface area contributed by atoms with E-state index in [4.69, 9.17) is 5.11 Å². The number of nitrogens with zero attached hydrogens (tertiary/aromatic N) is 2. The third-order valence-electron chi connectivity index (χ3n) is 2.70. The number of hydrogen-bond acceptors (Lipinski definition) is 2. The molecule has 0 saturated carbocycles. The molecule has 0 amide bonds. The minimum Gasteiger partial charge on any atom is -0.394 e. The van der Waals surface area contributed by atoms with Gasteiger partial charge in [-0.25, -0.2) is 4.52 Å². The van der Waals surface area contributed by atoms with E-state index in [1.54, 1.807) is 9.20 Å². The van der Waals surface area contributed by atoms with E-state index in [2.05, 4.69) is 0 Å². The molecule has 0 aliphatic heterocycles. The average molecular weight is 202 g/mol. The van der Waals surface area contributed by atoms with Crippen molar-refractivity contribution in [1.29, 1.82) is 0 Å². The summed E-state index contributed by atoms with van der Waals surface area (Å²) in [6, 6.07) is 9.60. The number of aromatic nitrogens is 2. The monoisotopic (exact) mass is 202 g/mol. The fraction of sp³-hybridized carbons (Fsp3) is 0.182. The first-order chi connectivity index (χ1) is 7.33. The molecule has 1 aromatic carbocycles. The molecule has 4 heteroatoms. The minimum atomic E-state index is 0.0159. The van der Waals surface area contributed by atoms with Gasteiger partial charge in [-0.05, 0) is 12.1 Å². The van der Waals surface area contributed by atoms with E-state index >= 15 is 0 Å². The van der Waals surface area contributed by atoms with Crippen LogP contribution < -0.4 is 5.56 Å². The van der Waals surface area contributed by atoms with Crippen molar-refractivity contribution in [2.24, 2.45) is 0 Å². The molecule has 0 spiro atoms. The van der Waals surface area contributed by atoms with Gasteiger partial charge in [0.25, 0.3) is 5.56 Å². The Morgan fingerprint density at radius 3 is 2.80 bits per heavy atom. The van der Waals surface area contributed by atoms with Crippen LogP contribution in [0.3, 0.4) is 0 Å². The first-order valence-corrected chi connectivity index (χ1v) is 4.86. The predicted molar refractivity (Wildman–Crippen MR) is 57.4 cm³/mol. The van der Waals surface area contributed by atoms with Gasteiger partial charge >= 0.3 is 0 Å². The van der Waals surface area contributed by atoms with E-state index in [0.717, 1.165) is 10.9 Å². The van der Waals surface area contributed by atoms with Gasteiger partial charge in [-0.2, -0.15) is 0 Å². The quantitative estimate of drug-likeness (QED) is 0.664. The highest BCUT2D eigenvalue weighted by atomic mass is 16.3.